The van der Waals surface area contributed by atoms with E-state index in [4.69, 9.17) is 0 Å². The van der Waals surface area contributed by atoms with Crippen molar-refractivity contribution in [2.45, 2.75) is 19.5 Å². The standard InChI is InChI=1S/C29H33FN4O2/c30-27-13-11-26(12-14-27)23-34(28(35)21-24-7-3-1-4-8-24)20-17-32-15-18-33(19-16-32)29(36)31-22-25-9-5-2-6-10-25/h1-14H,15-23H2,(H,31,36). The zero-order valence-electron chi connectivity index (χ0n) is 20.5. The Labute approximate surface area is 212 Å². The first-order valence-corrected chi connectivity index (χ1v) is 12.4. The number of carbonyl (C=O) groups is 2. The molecule has 4 rings (SSSR count). The van der Waals surface area contributed by atoms with Crippen molar-refractivity contribution in [1.82, 2.24) is 20.0 Å². The zero-order chi connectivity index (χ0) is 25.2. The number of nitrogens with one attached hydrogen (secondary N) is 1. The first-order valence-electron chi connectivity index (χ1n) is 12.4. The van der Waals surface area contributed by atoms with Gasteiger partial charge in [0.05, 0.1) is 6.42 Å². The molecule has 1 heterocycles. The van der Waals surface area contributed by atoms with E-state index in [2.05, 4.69) is 10.2 Å². The van der Waals surface area contributed by atoms with Gasteiger partial charge in [0, 0.05) is 52.4 Å². The van der Waals surface area contributed by atoms with Crippen LogP contribution in [-0.4, -0.2) is 65.9 Å². The fraction of sp³-hybridized carbons (Fsp3) is 0.310. The lowest BCUT2D eigenvalue weighted by Gasteiger charge is -2.36. The van der Waals surface area contributed by atoms with Gasteiger partial charge in [0.25, 0.3) is 0 Å². The molecule has 3 aromatic carbocycles. The average molecular weight is 489 g/mol. The summed E-state index contributed by atoms with van der Waals surface area (Å²) in [6.45, 7) is 5.07. The van der Waals surface area contributed by atoms with Crippen molar-refractivity contribution in [3.8, 4) is 0 Å². The molecule has 1 saturated heterocycles. The number of nitrogens with zero attached hydrogens (tertiary/aromatic N) is 3. The Balaban J connectivity index is 1.28. The molecule has 1 aliphatic heterocycles. The Morgan fingerprint density at radius 1 is 0.778 bits per heavy atom. The molecule has 1 N–H and O–H groups in total. The van der Waals surface area contributed by atoms with Crippen molar-refractivity contribution in [2.24, 2.45) is 0 Å². The molecule has 1 aliphatic rings. The van der Waals surface area contributed by atoms with E-state index in [1.807, 2.05) is 70.5 Å². The minimum atomic E-state index is -0.286. The first kappa shape index (κ1) is 25.4. The van der Waals surface area contributed by atoms with Crippen LogP contribution in [-0.2, 0) is 24.3 Å². The van der Waals surface area contributed by atoms with Crippen LogP contribution >= 0.6 is 0 Å². The van der Waals surface area contributed by atoms with Crippen LogP contribution in [0.4, 0.5) is 9.18 Å². The highest BCUT2D eigenvalue weighted by atomic mass is 19.1. The molecule has 188 valence electrons. The second kappa shape index (κ2) is 12.8. The quantitative estimate of drug-likeness (QED) is 0.497. The minimum absolute atomic E-state index is 0.0458. The van der Waals surface area contributed by atoms with Crippen molar-refractivity contribution in [2.75, 3.05) is 39.3 Å². The second-order valence-electron chi connectivity index (χ2n) is 9.08. The number of hydrogen-bond donors (Lipinski definition) is 1. The molecule has 3 aromatic rings. The lowest BCUT2D eigenvalue weighted by atomic mass is 10.1. The molecule has 6 nitrogen and oxygen atoms in total. The molecule has 0 radical (unpaired) electrons. The number of amides is 3. The van der Waals surface area contributed by atoms with Gasteiger partial charge >= 0.3 is 6.03 Å². The monoisotopic (exact) mass is 488 g/mol. The Kier molecular flexibility index (Phi) is 9.05. The van der Waals surface area contributed by atoms with E-state index < -0.39 is 0 Å². The number of halogens is 1. The van der Waals surface area contributed by atoms with Crippen LogP contribution < -0.4 is 5.32 Å². The van der Waals surface area contributed by atoms with E-state index >= 15 is 0 Å². The summed E-state index contributed by atoms with van der Waals surface area (Å²) in [7, 11) is 0. The molecule has 3 amide bonds. The fourth-order valence-corrected chi connectivity index (χ4v) is 4.31. The van der Waals surface area contributed by atoms with Gasteiger partial charge in [-0.2, -0.15) is 0 Å². The van der Waals surface area contributed by atoms with Gasteiger partial charge < -0.3 is 15.1 Å². The molecule has 36 heavy (non-hydrogen) atoms. The highest BCUT2D eigenvalue weighted by molar-refractivity contribution is 5.78. The van der Waals surface area contributed by atoms with Crippen LogP contribution in [0.1, 0.15) is 16.7 Å². The van der Waals surface area contributed by atoms with E-state index in [9.17, 15) is 14.0 Å². The highest BCUT2D eigenvalue weighted by Crippen LogP contribution is 2.11. The van der Waals surface area contributed by atoms with Crippen LogP contribution in [0.25, 0.3) is 0 Å². The molecule has 1 fully saturated rings. The molecule has 0 bridgehead atoms. The van der Waals surface area contributed by atoms with Crippen LogP contribution in [0, 0.1) is 5.82 Å². The molecule has 0 unspecified atom stereocenters. The maximum atomic E-state index is 13.4. The second-order valence-corrected chi connectivity index (χ2v) is 9.08. The van der Waals surface area contributed by atoms with Crippen LogP contribution in [0.2, 0.25) is 0 Å². The molecule has 0 saturated carbocycles. The molecule has 0 atom stereocenters. The Morgan fingerprint density at radius 2 is 1.39 bits per heavy atom. The van der Waals surface area contributed by atoms with E-state index in [0.29, 0.717) is 39.1 Å². The Hall–Kier alpha value is -3.71. The smallest absolute Gasteiger partial charge is 0.317 e. The lowest BCUT2D eigenvalue weighted by molar-refractivity contribution is -0.131. The predicted molar refractivity (Wildman–Crippen MR) is 139 cm³/mol. The molecule has 0 aliphatic carbocycles. The third kappa shape index (κ3) is 7.65. The summed E-state index contributed by atoms with van der Waals surface area (Å²) >= 11 is 0. The third-order valence-corrected chi connectivity index (χ3v) is 6.47. The van der Waals surface area contributed by atoms with Crippen LogP contribution in [0.3, 0.4) is 0 Å². The summed E-state index contributed by atoms with van der Waals surface area (Å²) in [5.74, 6) is -0.240. The summed E-state index contributed by atoms with van der Waals surface area (Å²) in [5.41, 5.74) is 2.95. The van der Waals surface area contributed by atoms with E-state index in [1.165, 1.54) is 12.1 Å². The number of hydrogen-bond acceptors (Lipinski definition) is 3. The topological polar surface area (TPSA) is 55.9 Å². The summed E-state index contributed by atoms with van der Waals surface area (Å²) in [5, 5.41) is 2.99. The summed E-state index contributed by atoms with van der Waals surface area (Å²) in [4.78, 5) is 31.7. The van der Waals surface area contributed by atoms with Crippen molar-refractivity contribution in [1.29, 1.82) is 0 Å². The van der Waals surface area contributed by atoms with E-state index in [0.717, 1.165) is 36.3 Å². The predicted octanol–water partition coefficient (Wildman–Crippen LogP) is 3.92. The number of rotatable bonds is 9. The molecule has 0 spiro atoms. The maximum absolute atomic E-state index is 13.4. The first-order chi connectivity index (χ1) is 17.6. The molecular formula is C29H33FN4O2. The fourth-order valence-electron chi connectivity index (χ4n) is 4.31. The van der Waals surface area contributed by atoms with Gasteiger partial charge in [0.1, 0.15) is 5.82 Å². The van der Waals surface area contributed by atoms with Gasteiger partial charge in [-0.05, 0) is 28.8 Å². The molecular weight excluding hydrogens is 455 g/mol. The number of carbonyl (C=O) groups excluding carboxylic acids is 2. The summed E-state index contributed by atoms with van der Waals surface area (Å²) < 4.78 is 13.4. The van der Waals surface area contributed by atoms with Crippen molar-refractivity contribution in [3.63, 3.8) is 0 Å². The minimum Gasteiger partial charge on any atom is -0.337 e. The van der Waals surface area contributed by atoms with Crippen molar-refractivity contribution >= 4 is 11.9 Å². The van der Waals surface area contributed by atoms with Crippen LogP contribution in [0.5, 0.6) is 0 Å². The SMILES string of the molecule is O=C(Cc1ccccc1)N(CCN1CCN(C(=O)NCc2ccccc2)CC1)Cc1ccc(F)cc1. The van der Waals surface area contributed by atoms with E-state index in [1.54, 1.807) is 12.1 Å². The molecule has 0 aromatic heterocycles. The zero-order valence-corrected chi connectivity index (χ0v) is 20.5. The highest BCUT2D eigenvalue weighted by Gasteiger charge is 2.22. The normalized spacial score (nSPS) is 13.9. The molecule has 7 heteroatoms. The summed E-state index contributed by atoms with van der Waals surface area (Å²) in [6, 6.07) is 25.8. The van der Waals surface area contributed by atoms with Gasteiger partial charge in [0.2, 0.25) is 5.91 Å². The van der Waals surface area contributed by atoms with Gasteiger partial charge in [-0.1, -0.05) is 72.8 Å². The number of piperazine rings is 1. The Bertz CT molecular complexity index is 1100. The van der Waals surface area contributed by atoms with Gasteiger partial charge in [-0.3, -0.25) is 9.69 Å². The van der Waals surface area contributed by atoms with Crippen molar-refractivity contribution < 1.29 is 14.0 Å². The van der Waals surface area contributed by atoms with E-state index in [-0.39, 0.29) is 17.8 Å². The van der Waals surface area contributed by atoms with Crippen molar-refractivity contribution in [3.05, 3.63) is 107 Å². The average Bonchev–Trinajstić information content (AvgIpc) is 2.92. The third-order valence-electron chi connectivity index (χ3n) is 6.47. The van der Waals surface area contributed by atoms with Gasteiger partial charge in [0.15, 0.2) is 0 Å². The maximum Gasteiger partial charge on any atom is 0.317 e. The van der Waals surface area contributed by atoms with Gasteiger partial charge in [-0.25, -0.2) is 9.18 Å². The number of urea groups is 1. The van der Waals surface area contributed by atoms with Crippen LogP contribution in [0.15, 0.2) is 84.9 Å². The lowest BCUT2D eigenvalue weighted by Crippen LogP contribution is -2.53. The number of benzene rings is 3. The Morgan fingerprint density at radius 3 is 2.03 bits per heavy atom. The largest absolute Gasteiger partial charge is 0.337 e. The summed E-state index contributed by atoms with van der Waals surface area (Å²) in [6.07, 6.45) is 0.331. The van der Waals surface area contributed by atoms with Gasteiger partial charge in [-0.15, -0.1) is 0 Å².